The number of nitrogens with one attached hydrogen (secondary N) is 2. The Balaban J connectivity index is 2.22. The van der Waals surface area contributed by atoms with Gasteiger partial charge in [0.15, 0.2) is 5.69 Å². The number of carbonyl (C=O) groups is 1. The van der Waals surface area contributed by atoms with Crippen LogP contribution in [0.5, 0.6) is 0 Å². The Kier molecular flexibility index (Phi) is 5.84. The van der Waals surface area contributed by atoms with Crippen LogP contribution in [0.2, 0.25) is 0 Å². The molecule has 2 rings (SSSR count). The van der Waals surface area contributed by atoms with Crippen LogP contribution in [-0.4, -0.2) is 22.4 Å². The average Bonchev–Trinajstić information content (AvgIpc) is 2.53. The first-order valence-corrected chi connectivity index (χ1v) is 8.11. The van der Waals surface area contributed by atoms with E-state index in [2.05, 4.69) is 20.6 Å². The first-order chi connectivity index (χ1) is 12.1. The molecular weight excluding hydrogens is 345 g/mol. The van der Waals surface area contributed by atoms with E-state index in [1.54, 1.807) is 30.3 Å². The summed E-state index contributed by atoms with van der Waals surface area (Å²) in [6.45, 7) is 6.21. The van der Waals surface area contributed by atoms with Gasteiger partial charge < -0.3 is 10.6 Å². The molecule has 0 bridgehead atoms. The van der Waals surface area contributed by atoms with Crippen molar-refractivity contribution >= 4 is 17.5 Å². The second kappa shape index (κ2) is 7.72. The van der Waals surface area contributed by atoms with Crippen LogP contribution in [0.25, 0.3) is 0 Å². The smallest absolute Gasteiger partial charge is 0.352 e. The molecule has 5 nitrogen and oxygen atoms in total. The molecule has 0 saturated heterocycles. The maximum Gasteiger partial charge on any atom is 0.434 e. The topological polar surface area (TPSA) is 66.9 Å². The van der Waals surface area contributed by atoms with Crippen molar-refractivity contribution in [2.24, 2.45) is 5.41 Å². The van der Waals surface area contributed by atoms with Crippen molar-refractivity contribution in [3.8, 4) is 0 Å². The molecule has 0 saturated carbocycles. The summed E-state index contributed by atoms with van der Waals surface area (Å²) in [4.78, 5) is 19.5. The summed E-state index contributed by atoms with van der Waals surface area (Å²) < 4.78 is 40.0. The van der Waals surface area contributed by atoms with E-state index in [4.69, 9.17) is 0 Å². The first-order valence-electron chi connectivity index (χ1n) is 8.11. The van der Waals surface area contributed by atoms with Crippen molar-refractivity contribution in [1.29, 1.82) is 0 Å². The number of anilines is 2. The second-order valence-electron chi connectivity index (χ2n) is 7.01. The molecule has 8 heteroatoms. The van der Waals surface area contributed by atoms with E-state index in [0.29, 0.717) is 12.1 Å². The highest BCUT2D eigenvalue weighted by molar-refractivity contribution is 5.95. The molecule has 0 aliphatic carbocycles. The SMILES string of the molecule is CC(C)(C)CCNC(=O)c1cnc(Nc2ccccc2)nc1C(F)(F)F. The van der Waals surface area contributed by atoms with Crippen LogP contribution in [0.1, 0.15) is 43.2 Å². The predicted molar refractivity (Wildman–Crippen MR) is 93.2 cm³/mol. The highest BCUT2D eigenvalue weighted by Crippen LogP contribution is 2.31. The molecule has 1 amide bonds. The third kappa shape index (κ3) is 5.72. The van der Waals surface area contributed by atoms with Crippen LogP contribution >= 0.6 is 0 Å². The van der Waals surface area contributed by atoms with E-state index in [1.807, 2.05) is 20.8 Å². The molecule has 0 spiro atoms. The summed E-state index contributed by atoms with van der Waals surface area (Å²) >= 11 is 0. The normalized spacial score (nSPS) is 11.9. The van der Waals surface area contributed by atoms with Crippen molar-refractivity contribution in [2.45, 2.75) is 33.4 Å². The summed E-state index contributed by atoms with van der Waals surface area (Å²) in [5.74, 6) is -1.07. The van der Waals surface area contributed by atoms with Crippen LogP contribution in [0, 0.1) is 5.41 Å². The number of hydrogen-bond donors (Lipinski definition) is 2. The van der Waals surface area contributed by atoms with Gasteiger partial charge in [-0.15, -0.1) is 0 Å². The zero-order valence-electron chi connectivity index (χ0n) is 14.8. The number of hydrogen-bond acceptors (Lipinski definition) is 4. The van der Waals surface area contributed by atoms with Gasteiger partial charge in [0.1, 0.15) is 0 Å². The van der Waals surface area contributed by atoms with Crippen molar-refractivity contribution in [3.63, 3.8) is 0 Å². The van der Waals surface area contributed by atoms with E-state index in [0.717, 1.165) is 6.20 Å². The minimum absolute atomic E-state index is 0.0416. The Labute approximate surface area is 150 Å². The van der Waals surface area contributed by atoms with E-state index in [9.17, 15) is 18.0 Å². The minimum Gasteiger partial charge on any atom is -0.352 e. The first kappa shape index (κ1) is 19.7. The molecule has 0 unspecified atom stereocenters. The zero-order chi connectivity index (χ0) is 19.4. The van der Waals surface area contributed by atoms with Gasteiger partial charge in [-0.2, -0.15) is 13.2 Å². The average molecular weight is 366 g/mol. The predicted octanol–water partition coefficient (Wildman–Crippen LogP) is 4.41. The number of aromatic nitrogens is 2. The largest absolute Gasteiger partial charge is 0.434 e. The van der Waals surface area contributed by atoms with Crippen LogP contribution in [0.3, 0.4) is 0 Å². The maximum atomic E-state index is 13.3. The quantitative estimate of drug-likeness (QED) is 0.823. The maximum absolute atomic E-state index is 13.3. The summed E-state index contributed by atoms with van der Waals surface area (Å²) in [6, 6.07) is 8.57. The Bertz CT molecular complexity index is 755. The van der Waals surface area contributed by atoms with Gasteiger partial charge in [-0.3, -0.25) is 4.79 Å². The van der Waals surface area contributed by atoms with Gasteiger partial charge in [-0.25, -0.2) is 9.97 Å². The Hall–Kier alpha value is -2.64. The number of amides is 1. The number of alkyl halides is 3. The fraction of sp³-hybridized carbons (Fsp3) is 0.389. The van der Waals surface area contributed by atoms with Crippen LogP contribution < -0.4 is 10.6 Å². The number of nitrogens with zero attached hydrogens (tertiary/aromatic N) is 2. The van der Waals surface area contributed by atoms with Crippen LogP contribution in [0.4, 0.5) is 24.8 Å². The minimum atomic E-state index is -4.77. The molecule has 26 heavy (non-hydrogen) atoms. The molecule has 140 valence electrons. The summed E-state index contributed by atoms with van der Waals surface area (Å²) in [6.07, 6.45) is -3.24. The fourth-order valence-electron chi connectivity index (χ4n) is 2.12. The molecule has 1 aromatic carbocycles. The van der Waals surface area contributed by atoms with E-state index in [1.165, 1.54) is 0 Å². The zero-order valence-corrected chi connectivity index (χ0v) is 14.8. The number of carbonyl (C=O) groups excluding carboxylic acids is 1. The van der Waals surface area contributed by atoms with Gasteiger partial charge in [0.2, 0.25) is 5.95 Å². The Morgan fingerprint density at radius 3 is 2.35 bits per heavy atom. The Morgan fingerprint density at radius 2 is 1.77 bits per heavy atom. The molecule has 0 aliphatic heterocycles. The van der Waals surface area contributed by atoms with Crippen molar-refractivity contribution in [1.82, 2.24) is 15.3 Å². The number of benzene rings is 1. The molecule has 0 fully saturated rings. The van der Waals surface area contributed by atoms with E-state index in [-0.39, 0.29) is 17.9 Å². The van der Waals surface area contributed by atoms with Gasteiger partial charge in [0.25, 0.3) is 5.91 Å². The molecule has 1 heterocycles. The van der Waals surface area contributed by atoms with Gasteiger partial charge in [-0.1, -0.05) is 39.0 Å². The number of rotatable bonds is 5. The summed E-state index contributed by atoms with van der Waals surface area (Å²) in [5, 5.41) is 5.19. The third-order valence-corrected chi connectivity index (χ3v) is 3.49. The van der Waals surface area contributed by atoms with Gasteiger partial charge >= 0.3 is 6.18 Å². The lowest BCUT2D eigenvalue weighted by Crippen LogP contribution is -2.30. The van der Waals surface area contributed by atoms with Gasteiger partial charge in [0, 0.05) is 18.4 Å². The molecule has 0 radical (unpaired) electrons. The summed E-state index contributed by atoms with van der Waals surface area (Å²) in [7, 11) is 0. The van der Waals surface area contributed by atoms with Gasteiger partial charge in [-0.05, 0) is 24.0 Å². The van der Waals surface area contributed by atoms with E-state index >= 15 is 0 Å². The Morgan fingerprint density at radius 1 is 1.12 bits per heavy atom. The molecule has 1 aromatic heterocycles. The molecular formula is C18H21F3N4O. The van der Waals surface area contributed by atoms with Crippen molar-refractivity contribution in [2.75, 3.05) is 11.9 Å². The van der Waals surface area contributed by atoms with Crippen molar-refractivity contribution < 1.29 is 18.0 Å². The number of halogens is 3. The fourth-order valence-corrected chi connectivity index (χ4v) is 2.12. The number of para-hydroxylation sites is 1. The highest BCUT2D eigenvalue weighted by atomic mass is 19.4. The monoisotopic (exact) mass is 366 g/mol. The van der Waals surface area contributed by atoms with Crippen molar-refractivity contribution in [3.05, 3.63) is 47.8 Å². The standard InChI is InChI=1S/C18H21F3N4O/c1-17(2,3)9-10-22-15(26)13-11-23-16(25-14(13)18(19,20)21)24-12-7-5-4-6-8-12/h4-8,11H,9-10H2,1-3H3,(H,22,26)(H,23,24,25). The highest BCUT2D eigenvalue weighted by Gasteiger charge is 2.38. The van der Waals surface area contributed by atoms with Gasteiger partial charge in [0.05, 0.1) is 5.56 Å². The molecule has 0 aliphatic rings. The summed E-state index contributed by atoms with van der Waals surface area (Å²) in [5.41, 5.74) is -1.35. The van der Waals surface area contributed by atoms with Crippen LogP contribution in [-0.2, 0) is 6.18 Å². The molecule has 2 N–H and O–H groups in total. The van der Waals surface area contributed by atoms with E-state index < -0.39 is 23.3 Å². The second-order valence-corrected chi connectivity index (χ2v) is 7.01. The lowest BCUT2D eigenvalue weighted by molar-refractivity contribution is -0.141. The lowest BCUT2D eigenvalue weighted by Gasteiger charge is -2.18. The molecule has 2 aromatic rings. The molecule has 0 atom stereocenters. The van der Waals surface area contributed by atoms with Crippen LogP contribution in [0.15, 0.2) is 36.5 Å². The lowest BCUT2D eigenvalue weighted by atomic mass is 9.92. The third-order valence-electron chi connectivity index (χ3n) is 3.49.